The Labute approximate surface area is 265 Å². The monoisotopic (exact) mass is 630 g/mol. The summed E-state index contributed by atoms with van der Waals surface area (Å²) in [6, 6.07) is 15.9. The summed E-state index contributed by atoms with van der Waals surface area (Å²) in [7, 11) is 0. The maximum Gasteiger partial charge on any atom is 0.257 e. The topological polar surface area (TPSA) is 118 Å². The van der Waals surface area contributed by atoms with E-state index in [4.69, 9.17) is 22.0 Å². The van der Waals surface area contributed by atoms with Crippen molar-refractivity contribution < 1.29 is 13.6 Å². The van der Waals surface area contributed by atoms with Crippen molar-refractivity contribution in [2.45, 2.75) is 39.9 Å². The van der Waals surface area contributed by atoms with Crippen LogP contribution in [0.2, 0.25) is 5.02 Å². The molecule has 1 fully saturated rings. The van der Waals surface area contributed by atoms with Crippen LogP contribution in [0.3, 0.4) is 0 Å². The number of rotatable bonds is 4. The number of halogens is 3. The number of amides is 1. The van der Waals surface area contributed by atoms with E-state index in [1.165, 1.54) is 18.2 Å². The van der Waals surface area contributed by atoms with E-state index < -0.39 is 11.6 Å². The number of carbonyl (C=O) groups is 1. The molecular formula is C33H33ClF2N8O. The van der Waals surface area contributed by atoms with Crippen molar-refractivity contribution in [3.8, 4) is 11.3 Å². The number of hydrogen-bond donors (Lipinski definition) is 4. The number of piperazine rings is 1. The third-order valence-electron chi connectivity index (χ3n) is 7.47. The minimum atomic E-state index is -0.726. The van der Waals surface area contributed by atoms with Crippen molar-refractivity contribution in [3.05, 3.63) is 106 Å². The van der Waals surface area contributed by atoms with Gasteiger partial charge in [-0.2, -0.15) is 0 Å². The first-order chi connectivity index (χ1) is 21.2. The van der Waals surface area contributed by atoms with Crippen LogP contribution in [0.5, 0.6) is 0 Å². The summed E-state index contributed by atoms with van der Waals surface area (Å²) in [5.74, 6) is -1.47. The summed E-state index contributed by atoms with van der Waals surface area (Å²) in [5.41, 5.74) is 3.24. The number of anilines is 2. The molecule has 12 heteroatoms. The van der Waals surface area contributed by atoms with Crippen LogP contribution in [0.1, 0.15) is 48.3 Å². The second-order valence-corrected chi connectivity index (χ2v) is 11.3. The summed E-state index contributed by atoms with van der Waals surface area (Å²) in [5, 5.41) is 18.0. The minimum Gasteiger partial charge on any atom is -0.340 e. The number of nitrogens with one attached hydrogen (secondary N) is 4. The smallest absolute Gasteiger partial charge is 0.257 e. The van der Waals surface area contributed by atoms with Crippen LogP contribution in [0.4, 0.5) is 20.4 Å². The molecule has 0 radical (unpaired) electrons. The van der Waals surface area contributed by atoms with Gasteiger partial charge in [0.25, 0.3) is 5.91 Å². The lowest BCUT2D eigenvalue weighted by atomic mass is 9.95. The first-order valence-corrected chi connectivity index (χ1v) is 14.5. The quantitative estimate of drug-likeness (QED) is 0.159. The van der Waals surface area contributed by atoms with Gasteiger partial charge in [-0.05, 0) is 62.4 Å². The Hall–Kier alpha value is -4.74. The first kappa shape index (κ1) is 31.7. The van der Waals surface area contributed by atoms with Crippen molar-refractivity contribution in [2.24, 2.45) is 4.99 Å². The van der Waals surface area contributed by atoms with Gasteiger partial charge in [0.2, 0.25) is 5.95 Å². The SMILES string of the molecule is C.CC1CN(C(=N)NC(=O)c2ccc(Nc3ncc4c(n3)-c3ccc(Cl)cc3C(c3c(F)cccc3F)=NC4)cc2)CC(C)N1. The van der Waals surface area contributed by atoms with Crippen LogP contribution >= 0.6 is 11.6 Å². The van der Waals surface area contributed by atoms with Gasteiger partial charge in [-0.25, -0.2) is 18.7 Å². The highest BCUT2D eigenvalue weighted by molar-refractivity contribution is 6.31. The zero-order valence-corrected chi connectivity index (χ0v) is 24.7. The van der Waals surface area contributed by atoms with E-state index in [1.807, 2.05) is 18.7 Å². The molecule has 2 aliphatic rings. The molecule has 1 aromatic heterocycles. The highest BCUT2D eigenvalue weighted by Gasteiger charge is 2.26. The van der Waals surface area contributed by atoms with Gasteiger partial charge in [-0.15, -0.1) is 0 Å². The Balaban J connectivity index is 0.00000400. The second kappa shape index (κ2) is 13.1. The zero-order chi connectivity index (χ0) is 31.0. The van der Waals surface area contributed by atoms with Gasteiger partial charge in [0.05, 0.1) is 23.5 Å². The Morgan fingerprint density at radius 3 is 2.40 bits per heavy atom. The van der Waals surface area contributed by atoms with E-state index in [1.54, 1.807) is 48.7 Å². The fourth-order valence-corrected chi connectivity index (χ4v) is 5.70. The molecule has 2 aliphatic heterocycles. The molecule has 9 nitrogen and oxygen atoms in total. The van der Waals surface area contributed by atoms with E-state index in [0.29, 0.717) is 51.7 Å². The van der Waals surface area contributed by atoms with Gasteiger partial charge in [0, 0.05) is 64.3 Å². The number of carbonyl (C=O) groups excluding carboxylic acids is 1. The summed E-state index contributed by atoms with van der Waals surface area (Å²) in [6.07, 6.45) is 1.62. The lowest BCUT2D eigenvalue weighted by Gasteiger charge is -2.37. The molecule has 3 heterocycles. The van der Waals surface area contributed by atoms with Crippen LogP contribution in [-0.2, 0) is 6.54 Å². The summed E-state index contributed by atoms with van der Waals surface area (Å²) >= 11 is 6.31. The lowest BCUT2D eigenvalue weighted by Crippen LogP contribution is -2.58. The average Bonchev–Trinajstić information content (AvgIpc) is 3.13. The molecule has 4 N–H and O–H groups in total. The number of benzene rings is 3. The van der Waals surface area contributed by atoms with Crippen molar-refractivity contribution in [1.29, 1.82) is 5.41 Å². The highest BCUT2D eigenvalue weighted by Crippen LogP contribution is 2.34. The van der Waals surface area contributed by atoms with Crippen molar-refractivity contribution >= 4 is 40.8 Å². The average molecular weight is 631 g/mol. The maximum absolute atomic E-state index is 14.8. The Morgan fingerprint density at radius 2 is 1.71 bits per heavy atom. The number of hydrogen-bond acceptors (Lipinski definition) is 7. The fourth-order valence-electron chi connectivity index (χ4n) is 5.52. The Morgan fingerprint density at radius 1 is 1.02 bits per heavy atom. The van der Waals surface area contributed by atoms with Gasteiger partial charge >= 0.3 is 0 Å². The second-order valence-electron chi connectivity index (χ2n) is 10.9. The highest BCUT2D eigenvalue weighted by atomic mass is 35.5. The van der Waals surface area contributed by atoms with Gasteiger partial charge in [-0.1, -0.05) is 31.2 Å². The third kappa shape index (κ3) is 6.69. The molecule has 0 bridgehead atoms. The molecule has 4 aromatic rings. The molecule has 0 spiro atoms. The van der Waals surface area contributed by atoms with Gasteiger partial charge in [0.1, 0.15) is 11.6 Å². The summed E-state index contributed by atoms with van der Waals surface area (Å²) < 4.78 is 29.6. The molecule has 6 rings (SSSR count). The van der Waals surface area contributed by atoms with E-state index in [9.17, 15) is 13.6 Å². The van der Waals surface area contributed by atoms with Crippen molar-refractivity contribution in [1.82, 2.24) is 25.5 Å². The van der Waals surface area contributed by atoms with E-state index >= 15 is 0 Å². The van der Waals surface area contributed by atoms with E-state index in [-0.39, 0.29) is 55.1 Å². The number of nitrogens with zero attached hydrogens (tertiary/aromatic N) is 4. The van der Waals surface area contributed by atoms with Gasteiger partial charge in [0.15, 0.2) is 5.96 Å². The minimum absolute atomic E-state index is 0. The molecule has 2 unspecified atom stereocenters. The molecule has 1 amide bonds. The van der Waals surface area contributed by atoms with Crippen LogP contribution in [-0.4, -0.2) is 57.6 Å². The maximum atomic E-state index is 14.8. The zero-order valence-electron chi connectivity index (χ0n) is 24.0. The standard InChI is InChI=1S/C32H29ClF2N8O.CH4/c1-17-15-43(16-18(2)39-17)31(36)42-30(44)19-6-9-22(10-7-19)40-32-38-14-20-13-37-29(27-25(34)4-3-5-26(27)35)24-12-21(33)8-11-23(24)28(20)41-32;/h3-12,14,17-18,39H,13,15-16H2,1-2H3,(H2,36,42,44)(H,38,40,41);1H4. The molecule has 2 atom stereocenters. The van der Waals surface area contributed by atoms with Gasteiger partial charge < -0.3 is 15.5 Å². The molecule has 232 valence electrons. The van der Waals surface area contributed by atoms with Crippen molar-refractivity contribution in [2.75, 3.05) is 18.4 Å². The molecule has 3 aromatic carbocycles. The summed E-state index contributed by atoms with van der Waals surface area (Å²) in [6.45, 7) is 5.47. The van der Waals surface area contributed by atoms with Crippen LogP contribution in [0, 0.1) is 17.0 Å². The Bertz CT molecular complexity index is 1770. The molecule has 0 aliphatic carbocycles. The number of guanidine groups is 1. The largest absolute Gasteiger partial charge is 0.340 e. The van der Waals surface area contributed by atoms with Crippen LogP contribution in [0.15, 0.2) is 71.9 Å². The molecule has 45 heavy (non-hydrogen) atoms. The predicted molar refractivity (Wildman–Crippen MR) is 173 cm³/mol. The van der Waals surface area contributed by atoms with Crippen LogP contribution in [0.25, 0.3) is 11.3 Å². The van der Waals surface area contributed by atoms with Crippen LogP contribution < -0.4 is 16.0 Å². The number of aliphatic imine (C=N–C) groups is 1. The lowest BCUT2D eigenvalue weighted by molar-refractivity contribution is 0.0969. The molecular weight excluding hydrogens is 598 g/mol. The van der Waals surface area contributed by atoms with Gasteiger partial charge in [-0.3, -0.25) is 20.5 Å². The third-order valence-corrected chi connectivity index (χ3v) is 7.71. The van der Waals surface area contributed by atoms with E-state index in [0.717, 1.165) is 0 Å². The summed E-state index contributed by atoms with van der Waals surface area (Å²) in [4.78, 5) is 28.4. The predicted octanol–water partition coefficient (Wildman–Crippen LogP) is 6.15. The van der Waals surface area contributed by atoms with Crippen molar-refractivity contribution in [3.63, 3.8) is 0 Å². The normalized spacial score (nSPS) is 17.2. The van der Waals surface area contributed by atoms with E-state index in [2.05, 4.69) is 25.9 Å². The number of aromatic nitrogens is 2. The Kier molecular flexibility index (Phi) is 9.21. The first-order valence-electron chi connectivity index (χ1n) is 14.1. The molecule has 0 saturated carbocycles. The fraction of sp³-hybridized carbons (Fsp3) is 0.242. The molecule has 1 saturated heterocycles. The number of fused-ring (bicyclic) bond motifs is 3.